The van der Waals surface area contributed by atoms with E-state index < -0.39 is 0 Å². The van der Waals surface area contributed by atoms with Crippen molar-refractivity contribution in [3.8, 4) is 0 Å². The van der Waals surface area contributed by atoms with E-state index in [1.165, 1.54) is 7.11 Å². The molecule has 1 aliphatic heterocycles. The lowest BCUT2D eigenvalue weighted by Gasteiger charge is -2.17. The molecule has 1 fully saturated rings. The van der Waals surface area contributed by atoms with Crippen molar-refractivity contribution in [2.45, 2.75) is 25.8 Å². The Bertz CT molecular complexity index is 165. The standard InChI is InChI=1S/C7H13NO3S/c1-6(9)7-4-3-5-8(7)12-11-10-2/h7H,3-5H2,1-2H3/t7-/m1/s1. The van der Waals surface area contributed by atoms with Crippen molar-refractivity contribution < 1.29 is 14.0 Å². The number of hydrogen-bond donors (Lipinski definition) is 0. The van der Waals surface area contributed by atoms with Crippen molar-refractivity contribution in [3.05, 3.63) is 0 Å². The molecule has 0 aliphatic carbocycles. The summed E-state index contributed by atoms with van der Waals surface area (Å²) >= 11 is 1.11. The van der Waals surface area contributed by atoms with E-state index in [1.54, 1.807) is 6.92 Å². The summed E-state index contributed by atoms with van der Waals surface area (Å²) in [4.78, 5) is 15.5. The third-order valence-electron chi connectivity index (χ3n) is 1.87. The molecular weight excluding hydrogens is 178 g/mol. The van der Waals surface area contributed by atoms with Gasteiger partial charge in [-0.05, 0) is 19.8 Å². The van der Waals surface area contributed by atoms with Gasteiger partial charge >= 0.3 is 0 Å². The highest BCUT2D eigenvalue weighted by atomic mass is 32.2. The average molecular weight is 191 g/mol. The molecule has 0 spiro atoms. The van der Waals surface area contributed by atoms with Gasteiger partial charge in [0.05, 0.1) is 13.2 Å². The van der Waals surface area contributed by atoms with Gasteiger partial charge in [-0.1, -0.05) is 0 Å². The van der Waals surface area contributed by atoms with Gasteiger partial charge in [0.25, 0.3) is 0 Å². The Morgan fingerprint density at radius 3 is 3.00 bits per heavy atom. The summed E-state index contributed by atoms with van der Waals surface area (Å²) in [6.07, 6.45) is 1.97. The molecule has 1 heterocycles. The summed E-state index contributed by atoms with van der Waals surface area (Å²) in [5.74, 6) is 0.194. The van der Waals surface area contributed by atoms with Crippen LogP contribution in [0.3, 0.4) is 0 Å². The summed E-state index contributed by atoms with van der Waals surface area (Å²) in [6.45, 7) is 2.49. The summed E-state index contributed by atoms with van der Waals surface area (Å²) in [7, 11) is 1.45. The van der Waals surface area contributed by atoms with E-state index in [4.69, 9.17) is 0 Å². The maximum Gasteiger partial charge on any atom is 0.147 e. The fourth-order valence-electron chi connectivity index (χ4n) is 1.31. The van der Waals surface area contributed by atoms with Crippen LogP contribution in [0.15, 0.2) is 0 Å². The number of carbonyl (C=O) groups excluding carboxylic acids is 1. The first-order valence-corrected chi connectivity index (χ1v) is 4.60. The minimum absolute atomic E-state index is 0.00477. The molecule has 1 saturated heterocycles. The molecule has 0 unspecified atom stereocenters. The van der Waals surface area contributed by atoms with Gasteiger partial charge in [-0.15, -0.1) is 4.33 Å². The van der Waals surface area contributed by atoms with Gasteiger partial charge in [-0.2, -0.15) is 0 Å². The Kier molecular flexibility index (Phi) is 4.00. The van der Waals surface area contributed by atoms with Crippen LogP contribution in [0, 0.1) is 0 Å². The van der Waals surface area contributed by atoms with Gasteiger partial charge < -0.3 is 0 Å². The van der Waals surface area contributed by atoms with Gasteiger partial charge in [0.2, 0.25) is 0 Å². The zero-order valence-electron chi connectivity index (χ0n) is 7.28. The highest BCUT2D eigenvalue weighted by molar-refractivity contribution is 7.92. The number of ketones is 1. The summed E-state index contributed by atoms with van der Waals surface area (Å²) in [5, 5.41) is 0. The van der Waals surface area contributed by atoms with Crippen molar-refractivity contribution in [3.63, 3.8) is 0 Å². The number of nitrogens with zero attached hydrogens (tertiary/aromatic N) is 1. The molecule has 0 N–H and O–H groups in total. The lowest BCUT2D eigenvalue weighted by atomic mass is 10.2. The third kappa shape index (κ3) is 2.45. The predicted octanol–water partition coefficient (Wildman–Crippen LogP) is 1.18. The van der Waals surface area contributed by atoms with E-state index in [0.717, 1.165) is 31.6 Å². The molecule has 12 heavy (non-hydrogen) atoms. The van der Waals surface area contributed by atoms with E-state index >= 15 is 0 Å². The molecule has 0 aromatic heterocycles. The van der Waals surface area contributed by atoms with Crippen LogP contribution in [-0.4, -0.2) is 29.8 Å². The van der Waals surface area contributed by atoms with Crippen molar-refractivity contribution in [1.82, 2.24) is 4.31 Å². The Morgan fingerprint density at radius 1 is 1.67 bits per heavy atom. The number of rotatable bonds is 4. The van der Waals surface area contributed by atoms with Gasteiger partial charge in [0.15, 0.2) is 0 Å². The zero-order chi connectivity index (χ0) is 8.97. The highest BCUT2D eigenvalue weighted by Gasteiger charge is 2.29. The van der Waals surface area contributed by atoms with Crippen LogP contribution < -0.4 is 0 Å². The molecule has 1 atom stereocenters. The third-order valence-corrected chi connectivity index (χ3v) is 2.69. The summed E-state index contributed by atoms with van der Waals surface area (Å²) in [5.41, 5.74) is 0. The van der Waals surface area contributed by atoms with Crippen LogP contribution >= 0.6 is 12.2 Å². The van der Waals surface area contributed by atoms with E-state index in [9.17, 15) is 4.79 Å². The largest absolute Gasteiger partial charge is 0.298 e. The SMILES string of the molecule is COOSN1CCC[C@@H]1C(C)=O. The summed E-state index contributed by atoms with van der Waals surface area (Å²) in [6, 6.07) is 0.00477. The molecule has 0 radical (unpaired) electrons. The fraction of sp³-hybridized carbons (Fsp3) is 0.857. The minimum Gasteiger partial charge on any atom is -0.298 e. The zero-order valence-corrected chi connectivity index (χ0v) is 8.10. The fourth-order valence-corrected chi connectivity index (χ4v) is 2.01. The second-order valence-corrected chi connectivity index (χ2v) is 3.47. The molecule has 5 heteroatoms. The van der Waals surface area contributed by atoms with Crippen molar-refractivity contribution in [2.75, 3.05) is 13.7 Å². The molecule has 4 nitrogen and oxygen atoms in total. The monoisotopic (exact) mass is 191 g/mol. The Hall–Kier alpha value is -0.100. The van der Waals surface area contributed by atoms with Gasteiger partial charge in [-0.3, -0.25) is 4.79 Å². The van der Waals surface area contributed by atoms with Crippen molar-refractivity contribution >= 4 is 18.0 Å². The lowest BCUT2D eigenvalue weighted by molar-refractivity contribution is -0.164. The predicted molar refractivity (Wildman–Crippen MR) is 46.1 cm³/mol. The molecule has 0 aromatic rings. The smallest absolute Gasteiger partial charge is 0.147 e. The van der Waals surface area contributed by atoms with Crippen LogP contribution in [0.5, 0.6) is 0 Å². The maximum absolute atomic E-state index is 11.1. The minimum atomic E-state index is 0.00477. The van der Waals surface area contributed by atoms with Gasteiger partial charge in [-0.25, -0.2) is 9.19 Å². The molecule has 0 amide bonds. The number of hydrogen-bond acceptors (Lipinski definition) is 5. The normalized spacial score (nSPS) is 24.7. The molecule has 70 valence electrons. The van der Waals surface area contributed by atoms with Crippen LogP contribution in [0.2, 0.25) is 0 Å². The molecule has 1 rings (SSSR count). The number of carbonyl (C=O) groups is 1. The molecule has 0 aromatic carbocycles. The summed E-state index contributed by atoms with van der Waals surface area (Å²) < 4.78 is 6.60. The Balaban J connectivity index is 2.35. The maximum atomic E-state index is 11.1. The molecule has 0 bridgehead atoms. The second kappa shape index (κ2) is 4.81. The van der Waals surface area contributed by atoms with Crippen LogP contribution in [0.4, 0.5) is 0 Å². The van der Waals surface area contributed by atoms with E-state index in [2.05, 4.69) is 9.22 Å². The van der Waals surface area contributed by atoms with Gasteiger partial charge in [0.1, 0.15) is 18.0 Å². The first-order valence-electron chi connectivity index (χ1n) is 3.90. The van der Waals surface area contributed by atoms with Crippen LogP contribution in [-0.2, 0) is 14.0 Å². The highest BCUT2D eigenvalue weighted by Crippen LogP contribution is 2.26. The molecule has 0 saturated carbocycles. The van der Waals surface area contributed by atoms with E-state index in [1.807, 2.05) is 4.31 Å². The topological polar surface area (TPSA) is 38.8 Å². The first-order chi connectivity index (χ1) is 5.75. The van der Waals surface area contributed by atoms with Crippen LogP contribution in [0.1, 0.15) is 19.8 Å². The second-order valence-electron chi connectivity index (χ2n) is 2.72. The average Bonchev–Trinajstić information content (AvgIpc) is 2.48. The lowest BCUT2D eigenvalue weighted by Crippen LogP contribution is -2.29. The quantitative estimate of drug-likeness (QED) is 0.289. The molecular formula is C7H13NO3S. The van der Waals surface area contributed by atoms with E-state index in [-0.39, 0.29) is 11.8 Å². The van der Waals surface area contributed by atoms with Crippen molar-refractivity contribution in [2.24, 2.45) is 0 Å². The Morgan fingerprint density at radius 2 is 2.42 bits per heavy atom. The van der Waals surface area contributed by atoms with E-state index in [0.29, 0.717) is 0 Å². The van der Waals surface area contributed by atoms with Crippen LogP contribution in [0.25, 0.3) is 0 Å². The van der Waals surface area contributed by atoms with Gasteiger partial charge in [0, 0.05) is 6.54 Å². The Labute approximate surface area is 76.5 Å². The van der Waals surface area contributed by atoms with Crippen molar-refractivity contribution in [1.29, 1.82) is 0 Å². The molecule has 1 aliphatic rings. The first kappa shape index (κ1) is 9.98. The number of Topliss-reactive ketones (excluding diaryl/α,β-unsaturated/α-hetero) is 1.